The molecule has 0 radical (unpaired) electrons. The Morgan fingerprint density at radius 1 is 1.35 bits per heavy atom. The lowest BCUT2D eigenvalue weighted by Gasteiger charge is -2.19. The molecule has 1 aliphatic heterocycles. The molecule has 1 fully saturated rings. The standard InChI is InChI=1S/C18H20ClN3O/c1-22-10-2-3-16(22)13-23-17-11-15(18(19)21-12-17)5-4-14-6-8-20-9-7-14/h4-9,11-12,16H,2-3,10,13H2,1H3. The van der Waals surface area contributed by atoms with E-state index in [9.17, 15) is 0 Å². The summed E-state index contributed by atoms with van der Waals surface area (Å²) in [6, 6.07) is 6.30. The lowest BCUT2D eigenvalue weighted by Crippen LogP contribution is -2.30. The van der Waals surface area contributed by atoms with Crippen LogP contribution in [0.1, 0.15) is 24.0 Å². The normalized spacial score (nSPS) is 18.6. The maximum atomic E-state index is 6.17. The molecule has 0 amide bonds. The third-order valence-corrected chi connectivity index (χ3v) is 4.43. The Bertz CT molecular complexity index is 675. The first kappa shape index (κ1) is 16.0. The molecule has 0 N–H and O–H groups in total. The maximum absolute atomic E-state index is 6.17. The molecule has 5 heteroatoms. The molecule has 1 unspecified atom stereocenters. The van der Waals surface area contributed by atoms with Gasteiger partial charge in [-0.2, -0.15) is 0 Å². The maximum Gasteiger partial charge on any atom is 0.138 e. The van der Waals surface area contributed by atoms with Crippen LogP contribution in [0.2, 0.25) is 5.15 Å². The van der Waals surface area contributed by atoms with Crippen molar-refractivity contribution >= 4 is 23.8 Å². The summed E-state index contributed by atoms with van der Waals surface area (Å²) in [6.07, 6.45) is 11.6. The van der Waals surface area contributed by atoms with E-state index < -0.39 is 0 Å². The molecule has 0 bridgehead atoms. The Kier molecular flexibility index (Phi) is 5.26. The summed E-state index contributed by atoms with van der Waals surface area (Å²) in [5.41, 5.74) is 1.91. The van der Waals surface area contributed by atoms with Crippen molar-refractivity contribution in [2.45, 2.75) is 18.9 Å². The van der Waals surface area contributed by atoms with Gasteiger partial charge >= 0.3 is 0 Å². The van der Waals surface area contributed by atoms with E-state index in [4.69, 9.17) is 16.3 Å². The Hall–Kier alpha value is -1.91. The number of nitrogens with zero attached hydrogens (tertiary/aromatic N) is 3. The Morgan fingerprint density at radius 3 is 2.91 bits per heavy atom. The number of rotatable bonds is 5. The van der Waals surface area contributed by atoms with Crippen LogP contribution in [0.4, 0.5) is 0 Å². The molecule has 3 heterocycles. The van der Waals surface area contributed by atoms with E-state index in [0.717, 1.165) is 23.4 Å². The largest absolute Gasteiger partial charge is 0.490 e. The van der Waals surface area contributed by atoms with Gasteiger partial charge in [-0.05, 0) is 50.2 Å². The number of hydrogen-bond donors (Lipinski definition) is 0. The van der Waals surface area contributed by atoms with Crippen LogP contribution in [0.25, 0.3) is 12.2 Å². The lowest BCUT2D eigenvalue weighted by atomic mass is 10.2. The van der Waals surface area contributed by atoms with Crippen LogP contribution >= 0.6 is 11.6 Å². The van der Waals surface area contributed by atoms with Gasteiger partial charge in [0.05, 0.1) is 6.20 Å². The Morgan fingerprint density at radius 2 is 2.17 bits per heavy atom. The highest BCUT2D eigenvalue weighted by atomic mass is 35.5. The number of aromatic nitrogens is 2. The van der Waals surface area contributed by atoms with Crippen molar-refractivity contribution in [1.29, 1.82) is 0 Å². The summed E-state index contributed by atoms with van der Waals surface area (Å²) in [6.45, 7) is 1.83. The number of ether oxygens (including phenoxy) is 1. The zero-order valence-corrected chi connectivity index (χ0v) is 13.9. The first-order valence-corrected chi connectivity index (χ1v) is 8.17. The Labute approximate surface area is 141 Å². The van der Waals surface area contributed by atoms with E-state index >= 15 is 0 Å². The van der Waals surface area contributed by atoms with Gasteiger partial charge < -0.3 is 9.64 Å². The molecule has 120 valence electrons. The second-order valence-electron chi connectivity index (χ2n) is 5.75. The first-order valence-electron chi connectivity index (χ1n) is 7.79. The number of pyridine rings is 2. The van der Waals surface area contributed by atoms with Gasteiger partial charge in [0.25, 0.3) is 0 Å². The summed E-state index contributed by atoms with van der Waals surface area (Å²) in [5.74, 6) is 0.754. The molecular weight excluding hydrogens is 310 g/mol. The van der Waals surface area contributed by atoms with Crippen molar-refractivity contribution in [3.63, 3.8) is 0 Å². The van der Waals surface area contributed by atoms with Crippen molar-refractivity contribution in [2.24, 2.45) is 0 Å². The number of halogens is 1. The molecule has 1 aliphatic rings. The Balaban J connectivity index is 1.67. The highest BCUT2D eigenvalue weighted by molar-refractivity contribution is 6.31. The van der Waals surface area contributed by atoms with E-state index in [1.54, 1.807) is 18.6 Å². The van der Waals surface area contributed by atoms with Crippen molar-refractivity contribution in [1.82, 2.24) is 14.9 Å². The quantitative estimate of drug-likeness (QED) is 0.783. The molecule has 0 aromatic carbocycles. The summed E-state index contributed by atoms with van der Waals surface area (Å²) in [7, 11) is 2.14. The van der Waals surface area contributed by atoms with E-state index in [-0.39, 0.29) is 0 Å². The zero-order valence-electron chi connectivity index (χ0n) is 13.2. The third-order valence-electron chi connectivity index (χ3n) is 4.12. The van der Waals surface area contributed by atoms with Crippen molar-refractivity contribution < 1.29 is 4.74 Å². The number of likely N-dealkylation sites (N-methyl/N-ethyl adjacent to an activating group) is 1. The molecule has 0 saturated carbocycles. The minimum absolute atomic E-state index is 0.473. The van der Waals surface area contributed by atoms with Gasteiger partial charge in [0.15, 0.2) is 0 Å². The van der Waals surface area contributed by atoms with Gasteiger partial charge in [-0.1, -0.05) is 23.8 Å². The summed E-state index contributed by atoms with van der Waals surface area (Å²) in [4.78, 5) is 10.6. The van der Waals surface area contributed by atoms with Crippen LogP contribution in [-0.4, -0.2) is 41.1 Å². The van der Waals surface area contributed by atoms with Crippen LogP contribution in [0.15, 0.2) is 36.8 Å². The lowest BCUT2D eigenvalue weighted by molar-refractivity contribution is 0.198. The molecule has 1 atom stereocenters. The summed E-state index contributed by atoms with van der Waals surface area (Å²) >= 11 is 6.17. The van der Waals surface area contributed by atoms with Crippen LogP contribution in [-0.2, 0) is 0 Å². The average molecular weight is 330 g/mol. The van der Waals surface area contributed by atoms with Crippen molar-refractivity contribution in [2.75, 3.05) is 20.2 Å². The van der Waals surface area contributed by atoms with Crippen LogP contribution in [0.3, 0.4) is 0 Å². The zero-order chi connectivity index (χ0) is 16.1. The van der Waals surface area contributed by atoms with Crippen LogP contribution in [0, 0.1) is 0 Å². The fraction of sp³-hybridized carbons (Fsp3) is 0.333. The van der Waals surface area contributed by atoms with Gasteiger partial charge in [-0.3, -0.25) is 4.98 Å². The van der Waals surface area contributed by atoms with Gasteiger partial charge in [-0.15, -0.1) is 0 Å². The highest BCUT2D eigenvalue weighted by Crippen LogP contribution is 2.23. The molecule has 4 nitrogen and oxygen atoms in total. The molecule has 2 aromatic heterocycles. The highest BCUT2D eigenvalue weighted by Gasteiger charge is 2.21. The topological polar surface area (TPSA) is 38.2 Å². The predicted octanol–water partition coefficient (Wildman–Crippen LogP) is 3.77. The first-order chi connectivity index (χ1) is 11.2. The summed E-state index contributed by atoms with van der Waals surface area (Å²) in [5, 5.41) is 0.473. The van der Waals surface area contributed by atoms with Crippen LogP contribution < -0.4 is 4.74 Å². The van der Waals surface area contributed by atoms with Gasteiger partial charge in [0.1, 0.15) is 17.5 Å². The monoisotopic (exact) mass is 329 g/mol. The number of likely N-dealkylation sites (tertiary alicyclic amines) is 1. The molecule has 1 saturated heterocycles. The molecular formula is C18H20ClN3O. The fourth-order valence-corrected chi connectivity index (χ4v) is 2.85. The molecule has 0 spiro atoms. The van der Waals surface area contributed by atoms with E-state index in [1.807, 2.05) is 30.4 Å². The van der Waals surface area contributed by atoms with E-state index in [1.165, 1.54) is 12.8 Å². The van der Waals surface area contributed by atoms with E-state index in [2.05, 4.69) is 21.9 Å². The SMILES string of the molecule is CN1CCCC1COc1cnc(Cl)c(C=Cc2ccncc2)c1. The van der Waals surface area contributed by atoms with E-state index in [0.29, 0.717) is 17.8 Å². The second-order valence-corrected chi connectivity index (χ2v) is 6.11. The van der Waals surface area contributed by atoms with Gasteiger partial charge in [0.2, 0.25) is 0 Å². The van der Waals surface area contributed by atoms with Gasteiger partial charge in [-0.25, -0.2) is 4.98 Å². The van der Waals surface area contributed by atoms with Gasteiger partial charge in [0, 0.05) is 24.0 Å². The van der Waals surface area contributed by atoms with Crippen LogP contribution in [0.5, 0.6) is 5.75 Å². The molecule has 3 rings (SSSR count). The minimum atomic E-state index is 0.473. The second kappa shape index (κ2) is 7.57. The molecule has 23 heavy (non-hydrogen) atoms. The smallest absolute Gasteiger partial charge is 0.138 e. The third kappa shape index (κ3) is 4.30. The average Bonchev–Trinajstić information content (AvgIpc) is 2.99. The van der Waals surface area contributed by atoms with Crippen molar-refractivity contribution in [3.05, 3.63) is 53.1 Å². The summed E-state index contributed by atoms with van der Waals surface area (Å²) < 4.78 is 5.90. The fourth-order valence-electron chi connectivity index (χ4n) is 2.68. The predicted molar refractivity (Wildman–Crippen MR) is 93.6 cm³/mol. The molecule has 0 aliphatic carbocycles. The number of hydrogen-bond acceptors (Lipinski definition) is 4. The van der Waals surface area contributed by atoms with Crippen molar-refractivity contribution in [3.8, 4) is 5.75 Å². The minimum Gasteiger partial charge on any atom is -0.490 e. The molecule has 2 aromatic rings.